The molecule has 3 rings (SSSR count). The molecule has 2 atom stereocenters. The number of carbonyl (C=O) groups is 1. The number of amides is 1. The van der Waals surface area contributed by atoms with Gasteiger partial charge in [0.15, 0.2) is 0 Å². The lowest BCUT2D eigenvalue weighted by Gasteiger charge is -2.40. The van der Waals surface area contributed by atoms with Gasteiger partial charge in [0.1, 0.15) is 0 Å². The molecule has 4 heteroatoms. The molecule has 21 heavy (non-hydrogen) atoms. The summed E-state index contributed by atoms with van der Waals surface area (Å²) in [5.74, 6) is 0.156. The fourth-order valence-electron chi connectivity index (χ4n) is 3.75. The Bertz CT molecular complexity index is 501. The minimum Gasteiger partial charge on any atom is -0.330 e. The molecule has 4 nitrogen and oxygen atoms in total. The van der Waals surface area contributed by atoms with Crippen LogP contribution in [0.2, 0.25) is 0 Å². The van der Waals surface area contributed by atoms with Crippen molar-refractivity contribution in [2.75, 3.05) is 18.4 Å². The van der Waals surface area contributed by atoms with Gasteiger partial charge in [-0.15, -0.1) is 0 Å². The van der Waals surface area contributed by atoms with Crippen molar-refractivity contribution in [1.82, 2.24) is 4.90 Å². The minimum absolute atomic E-state index is 0.00532. The monoisotopic (exact) mass is 287 g/mol. The standard InChI is InChI=1S/C17H25N3O/c18-11-10-14-6-3-4-12-20(14)16-9-8-13-5-1-2-7-15(13)19-17(16)21/h1-2,5,7,14,16H,3-4,6,8-12,18H2,(H,19,21). The fraction of sp³-hybridized carbons (Fsp3) is 0.588. The first-order chi connectivity index (χ1) is 10.3. The van der Waals surface area contributed by atoms with Gasteiger partial charge in [0.2, 0.25) is 5.91 Å². The molecule has 0 radical (unpaired) electrons. The first-order valence-electron chi connectivity index (χ1n) is 8.14. The van der Waals surface area contributed by atoms with Crippen LogP contribution in [0.1, 0.15) is 37.7 Å². The SMILES string of the molecule is NCCC1CCCCN1C1CCc2ccccc2NC1=O. The third kappa shape index (κ3) is 3.11. The van der Waals surface area contributed by atoms with Crippen molar-refractivity contribution >= 4 is 11.6 Å². The summed E-state index contributed by atoms with van der Waals surface area (Å²) in [5.41, 5.74) is 7.99. The summed E-state index contributed by atoms with van der Waals surface area (Å²) in [7, 11) is 0. The third-order valence-electron chi connectivity index (χ3n) is 4.84. The molecule has 0 aliphatic carbocycles. The van der Waals surface area contributed by atoms with E-state index >= 15 is 0 Å². The van der Waals surface area contributed by atoms with Crippen LogP contribution in [0.25, 0.3) is 0 Å². The van der Waals surface area contributed by atoms with Crippen molar-refractivity contribution in [2.45, 2.75) is 50.6 Å². The Labute approximate surface area is 126 Å². The van der Waals surface area contributed by atoms with Gasteiger partial charge in [0.05, 0.1) is 6.04 Å². The fourth-order valence-corrected chi connectivity index (χ4v) is 3.75. The number of nitrogens with zero attached hydrogens (tertiary/aromatic N) is 1. The van der Waals surface area contributed by atoms with E-state index in [2.05, 4.69) is 16.3 Å². The van der Waals surface area contributed by atoms with Crippen LogP contribution in [-0.4, -0.2) is 36.0 Å². The summed E-state index contributed by atoms with van der Waals surface area (Å²) in [6, 6.07) is 8.62. The average Bonchev–Trinajstić information content (AvgIpc) is 2.67. The number of benzene rings is 1. The zero-order valence-corrected chi connectivity index (χ0v) is 12.6. The van der Waals surface area contributed by atoms with Crippen molar-refractivity contribution in [3.05, 3.63) is 29.8 Å². The number of hydrogen-bond donors (Lipinski definition) is 2. The lowest BCUT2D eigenvalue weighted by Crippen LogP contribution is -2.51. The number of hydrogen-bond acceptors (Lipinski definition) is 3. The van der Waals surface area contributed by atoms with E-state index in [0.29, 0.717) is 12.6 Å². The number of rotatable bonds is 3. The Hall–Kier alpha value is -1.39. The van der Waals surface area contributed by atoms with Gasteiger partial charge in [0.25, 0.3) is 0 Å². The molecule has 1 fully saturated rings. The van der Waals surface area contributed by atoms with Crippen molar-refractivity contribution < 1.29 is 4.79 Å². The number of para-hydroxylation sites is 1. The second kappa shape index (κ2) is 6.58. The van der Waals surface area contributed by atoms with Gasteiger partial charge in [-0.3, -0.25) is 9.69 Å². The number of fused-ring (bicyclic) bond motifs is 1. The summed E-state index contributed by atoms with van der Waals surface area (Å²) < 4.78 is 0. The Kier molecular flexibility index (Phi) is 4.56. The number of aryl methyl sites for hydroxylation is 1. The lowest BCUT2D eigenvalue weighted by atomic mass is 9.95. The number of carbonyl (C=O) groups excluding carboxylic acids is 1. The predicted octanol–water partition coefficient (Wildman–Crippen LogP) is 2.14. The number of nitrogens with two attached hydrogens (primary N) is 1. The van der Waals surface area contributed by atoms with Gasteiger partial charge in [-0.05, 0) is 56.8 Å². The lowest BCUT2D eigenvalue weighted by molar-refractivity contribution is -0.123. The summed E-state index contributed by atoms with van der Waals surface area (Å²) in [6.07, 6.45) is 6.49. The van der Waals surface area contributed by atoms with E-state index in [4.69, 9.17) is 5.73 Å². The molecule has 1 amide bonds. The first kappa shape index (κ1) is 14.5. The molecule has 0 aromatic heterocycles. The molecule has 0 spiro atoms. The summed E-state index contributed by atoms with van der Waals surface area (Å²) in [4.78, 5) is 15.1. The van der Waals surface area contributed by atoms with Crippen molar-refractivity contribution in [3.63, 3.8) is 0 Å². The van der Waals surface area contributed by atoms with Crippen molar-refractivity contribution in [1.29, 1.82) is 0 Å². The number of likely N-dealkylation sites (tertiary alicyclic amines) is 1. The van der Waals surface area contributed by atoms with Crippen LogP contribution in [0.15, 0.2) is 24.3 Å². The molecular weight excluding hydrogens is 262 g/mol. The van der Waals surface area contributed by atoms with Gasteiger partial charge >= 0.3 is 0 Å². The smallest absolute Gasteiger partial charge is 0.241 e. The van der Waals surface area contributed by atoms with Gasteiger partial charge < -0.3 is 11.1 Å². The van der Waals surface area contributed by atoms with Crippen molar-refractivity contribution in [3.8, 4) is 0 Å². The van der Waals surface area contributed by atoms with Crippen LogP contribution in [0.3, 0.4) is 0 Å². The molecular formula is C17H25N3O. The molecule has 114 valence electrons. The van der Waals surface area contributed by atoms with Gasteiger partial charge in [-0.2, -0.15) is 0 Å². The van der Waals surface area contributed by atoms with E-state index in [-0.39, 0.29) is 11.9 Å². The molecule has 0 saturated carbocycles. The number of piperidine rings is 1. The normalized spacial score (nSPS) is 26.8. The molecule has 1 aromatic carbocycles. The number of anilines is 1. The zero-order chi connectivity index (χ0) is 14.7. The average molecular weight is 287 g/mol. The predicted molar refractivity (Wildman–Crippen MR) is 85.2 cm³/mol. The topological polar surface area (TPSA) is 58.4 Å². The van der Waals surface area contributed by atoms with Crippen LogP contribution in [0.5, 0.6) is 0 Å². The van der Waals surface area contributed by atoms with E-state index in [9.17, 15) is 4.79 Å². The summed E-state index contributed by atoms with van der Waals surface area (Å²) >= 11 is 0. The molecule has 2 aliphatic rings. The first-order valence-corrected chi connectivity index (χ1v) is 8.14. The Balaban J connectivity index is 1.78. The van der Waals surface area contributed by atoms with Crippen LogP contribution < -0.4 is 11.1 Å². The highest BCUT2D eigenvalue weighted by atomic mass is 16.2. The Morgan fingerprint density at radius 1 is 1.24 bits per heavy atom. The van der Waals surface area contributed by atoms with E-state index in [0.717, 1.165) is 31.5 Å². The second-order valence-electron chi connectivity index (χ2n) is 6.17. The quantitative estimate of drug-likeness (QED) is 0.895. The van der Waals surface area contributed by atoms with Gasteiger partial charge in [0, 0.05) is 11.7 Å². The molecule has 2 aliphatic heterocycles. The van der Waals surface area contributed by atoms with Crippen LogP contribution in [0, 0.1) is 0 Å². The summed E-state index contributed by atoms with van der Waals surface area (Å²) in [6.45, 7) is 1.73. The molecule has 2 heterocycles. The maximum atomic E-state index is 12.6. The van der Waals surface area contributed by atoms with Gasteiger partial charge in [-0.1, -0.05) is 24.6 Å². The maximum Gasteiger partial charge on any atom is 0.241 e. The minimum atomic E-state index is -0.00532. The second-order valence-corrected chi connectivity index (χ2v) is 6.17. The molecule has 1 aromatic rings. The van der Waals surface area contributed by atoms with E-state index in [1.165, 1.54) is 24.8 Å². The van der Waals surface area contributed by atoms with Crippen LogP contribution in [0.4, 0.5) is 5.69 Å². The Morgan fingerprint density at radius 3 is 2.95 bits per heavy atom. The number of nitrogens with one attached hydrogen (secondary N) is 1. The highest BCUT2D eigenvalue weighted by molar-refractivity contribution is 5.96. The van der Waals surface area contributed by atoms with E-state index < -0.39 is 0 Å². The maximum absolute atomic E-state index is 12.6. The zero-order valence-electron chi connectivity index (χ0n) is 12.6. The molecule has 1 saturated heterocycles. The highest BCUT2D eigenvalue weighted by Gasteiger charge is 2.34. The van der Waals surface area contributed by atoms with E-state index in [1.54, 1.807) is 0 Å². The molecule has 2 unspecified atom stereocenters. The molecule has 3 N–H and O–H groups in total. The van der Waals surface area contributed by atoms with Gasteiger partial charge in [-0.25, -0.2) is 0 Å². The highest BCUT2D eigenvalue weighted by Crippen LogP contribution is 2.28. The third-order valence-corrected chi connectivity index (χ3v) is 4.84. The van der Waals surface area contributed by atoms with Crippen LogP contribution >= 0.6 is 0 Å². The van der Waals surface area contributed by atoms with Crippen LogP contribution in [-0.2, 0) is 11.2 Å². The largest absolute Gasteiger partial charge is 0.330 e. The van der Waals surface area contributed by atoms with Crippen molar-refractivity contribution in [2.24, 2.45) is 5.73 Å². The summed E-state index contributed by atoms with van der Waals surface area (Å²) in [5, 5.41) is 3.12. The van der Waals surface area contributed by atoms with E-state index in [1.807, 2.05) is 18.2 Å². The molecule has 0 bridgehead atoms. The Morgan fingerprint density at radius 2 is 2.10 bits per heavy atom.